The third kappa shape index (κ3) is 5.59. The van der Waals surface area contributed by atoms with Gasteiger partial charge >= 0.3 is 10.4 Å². The first-order valence-electron chi connectivity index (χ1n) is 1.91. The Bertz CT molecular complexity index is 192. The van der Waals surface area contributed by atoms with E-state index in [1.54, 1.807) is 0 Å². The zero-order valence-electron chi connectivity index (χ0n) is 4.50. The van der Waals surface area contributed by atoms with Gasteiger partial charge in [-0.15, -0.1) is 0 Å². The summed E-state index contributed by atoms with van der Waals surface area (Å²) >= 11 is 0. The maximum atomic E-state index is 9.63. The van der Waals surface area contributed by atoms with E-state index in [2.05, 4.69) is 9.22 Å². The van der Waals surface area contributed by atoms with E-state index in [1.165, 1.54) is 0 Å². The Labute approximate surface area is 56.1 Å². The second kappa shape index (κ2) is 3.58. The number of aliphatic hydroxyl groups is 1. The van der Waals surface area contributed by atoms with Crippen molar-refractivity contribution in [1.82, 2.24) is 0 Å². The molecule has 0 aliphatic heterocycles. The summed E-state index contributed by atoms with van der Waals surface area (Å²) in [4.78, 5) is 12.9. The Balaban J connectivity index is 3.66. The van der Waals surface area contributed by atoms with E-state index in [0.29, 0.717) is 0 Å². The van der Waals surface area contributed by atoms with Crippen LogP contribution in [0.2, 0.25) is 0 Å². The second-order valence-corrected chi connectivity index (χ2v) is 2.11. The van der Waals surface area contributed by atoms with Gasteiger partial charge in [-0.2, -0.15) is 13.3 Å². The fourth-order valence-electron chi connectivity index (χ4n) is 0.113. The largest absolute Gasteiger partial charge is 0.424 e. The average molecular weight is 172 g/mol. The first kappa shape index (κ1) is 9.46. The van der Waals surface area contributed by atoms with Crippen LogP contribution in [0.5, 0.6) is 0 Å². The highest BCUT2D eigenvalue weighted by Crippen LogP contribution is 1.89. The van der Waals surface area contributed by atoms with Gasteiger partial charge in [0.2, 0.25) is 6.29 Å². The second-order valence-electron chi connectivity index (χ2n) is 1.12. The molecule has 0 aliphatic rings. The molecule has 0 saturated heterocycles. The minimum absolute atomic E-state index is 0.134. The Kier molecular flexibility index (Phi) is 3.39. The molecule has 0 fully saturated rings. The predicted octanol–water partition coefficient (Wildman–Crippen LogP) is -1.75. The maximum absolute atomic E-state index is 9.63. The number of rotatable bonds is 4. The Morgan fingerprint density at radius 2 is 2.00 bits per heavy atom. The van der Waals surface area contributed by atoms with Crippen LogP contribution in [0.25, 0.3) is 0 Å². The van der Waals surface area contributed by atoms with Gasteiger partial charge in [0.15, 0.2) is 6.29 Å². The summed E-state index contributed by atoms with van der Waals surface area (Å²) in [5.41, 5.74) is 0. The Morgan fingerprint density at radius 3 is 2.30 bits per heavy atom. The normalized spacial score (nSPS) is 14.6. The van der Waals surface area contributed by atoms with Crippen LogP contribution < -0.4 is 0 Å². The van der Waals surface area contributed by atoms with Crippen LogP contribution in [-0.4, -0.2) is 30.7 Å². The molecule has 0 rings (SSSR count). The molecule has 0 spiro atoms. The van der Waals surface area contributed by atoms with Gasteiger partial charge in [-0.05, 0) is 0 Å². The summed E-state index contributed by atoms with van der Waals surface area (Å²) in [6, 6.07) is 0. The molecule has 0 amide bonds. The summed E-state index contributed by atoms with van der Waals surface area (Å²) in [6.07, 6.45) is -2.16. The van der Waals surface area contributed by atoms with Crippen molar-refractivity contribution in [2.75, 3.05) is 0 Å². The molecule has 0 aliphatic carbocycles. The molecule has 0 radical (unpaired) electrons. The van der Waals surface area contributed by atoms with Gasteiger partial charge in [0.05, 0.1) is 0 Å². The van der Waals surface area contributed by atoms with Crippen molar-refractivity contribution >= 4 is 16.7 Å². The lowest BCUT2D eigenvalue weighted by molar-refractivity contribution is -0.289. The fourth-order valence-corrected chi connectivity index (χ4v) is 0.292. The number of aldehydes is 1. The fraction of sp³-hybridized carbons (Fsp3) is 0.500. The zero-order chi connectivity index (χ0) is 8.20. The van der Waals surface area contributed by atoms with Crippen LogP contribution in [0.3, 0.4) is 0 Å². The van der Waals surface area contributed by atoms with E-state index in [9.17, 15) is 13.2 Å². The van der Waals surface area contributed by atoms with Crippen molar-refractivity contribution in [2.24, 2.45) is 0 Å². The molecule has 0 bridgehead atoms. The van der Waals surface area contributed by atoms with Crippen LogP contribution in [0.1, 0.15) is 0 Å². The molecule has 0 aromatic heterocycles. The Morgan fingerprint density at radius 1 is 1.50 bits per heavy atom. The van der Waals surface area contributed by atoms with Crippen LogP contribution in [-0.2, 0) is 24.4 Å². The first-order valence-corrected chi connectivity index (χ1v) is 3.28. The smallest absolute Gasteiger partial charge is 0.360 e. The van der Waals surface area contributed by atoms with Gasteiger partial charge in [-0.1, -0.05) is 4.33 Å². The maximum Gasteiger partial charge on any atom is 0.424 e. The van der Waals surface area contributed by atoms with Crippen LogP contribution in [0.4, 0.5) is 0 Å². The lowest BCUT2D eigenvalue weighted by Crippen LogP contribution is -2.16. The molecule has 0 saturated carbocycles. The van der Waals surface area contributed by atoms with E-state index < -0.39 is 16.7 Å². The molecule has 8 heteroatoms. The van der Waals surface area contributed by atoms with E-state index in [0.717, 1.165) is 0 Å². The summed E-state index contributed by atoms with van der Waals surface area (Å²) in [5, 5.41) is 8.13. The van der Waals surface area contributed by atoms with Crippen LogP contribution in [0.15, 0.2) is 0 Å². The lowest BCUT2D eigenvalue weighted by Gasteiger charge is -1.99. The van der Waals surface area contributed by atoms with E-state index in [4.69, 9.17) is 9.66 Å². The summed E-state index contributed by atoms with van der Waals surface area (Å²) in [6.45, 7) is 0. The molecule has 1 unspecified atom stereocenters. The molecular formula is C2H4O7S. The van der Waals surface area contributed by atoms with Gasteiger partial charge in [0, 0.05) is 0 Å². The van der Waals surface area contributed by atoms with Gasteiger partial charge < -0.3 is 5.11 Å². The molecule has 1 atom stereocenters. The average Bonchev–Trinajstić information content (AvgIpc) is 1.81. The highest BCUT2D eigenvalue weighted by Gasteiger charge is 2.09. The summed E-state index contributed by atoms with van der Waals surface area (Å²) in [5.74, 6) is 0. The molecule has 0 heterocycles. The van der Waals surface area contributed by atoms with Crippen molar-refractivity contribution in [3.63, 3.8) is 0 Å². The predicted molar refractivity (Wildman–Crippen MR) is 25.8 cm³/mol. The highest BCUT2D eigenvalue weighted by atomic mass is 32.3. The van der Waals surface area contributed by atoms with Crippen LogP contribution >= 0.6 is 0 Å². The monoisotopic (exact) mass is 172 g/mol. The van der Waals surface area contributed by atoms with Crippen molar-refractivity contribution in [3.05, 3.63) is 0 Å². The van der Waals surface area contributed by atoms with Crippen molar-refractivity contribution in [1.29, 1.82) is 0 Å². The number of carbonyl (C=O) groups excluding carboxylic acids is 1. The summed E-state index contributed by atoms with van der Waals surface area (Å²) < 4.78 is 30.2. The molecule has 10 heavy (non-hydrogen) atoms. The number of aliphatic hydroxyl groups excluding tert-OH is 1. The molecule has 2 N–H and O–H groups in total. The van der Waals surface area contributed by atoms with Gasteiger partial charge in [-0.3, -0.25) is 9.35 Å². The number of carbonyl (C=O) groups is 1. The first-order chi connectivity index (χ1) is 4.45. The number of hydrogen-bond acceptors (Lipinski definition) is 6. The third-order valence-electron chi connectivity index (χ3n) is 0.340. The molecular weight excluding hydrogens is 168 g/mol. The molecule has 0 aromatic carbocycles. The molecule has 7 nitrogen and oxygen atoms in total. The highest BCUT2D eigenvalue weighted by molar-refractivity contribution is 7.80. The minimum Gasteiger partial charge on any atom is -0.360 e. The molecule has 0 aromatic rings. The zero-order valence-corrected chi connectivity index (χ0v) is 5.32. The van der Waals surface area contributed by atoms with Gasteiger partial charge in [-0.25, -0.2) is 0 Å². The quantitative estimate of drug-likeness (QED) is 0.170. The van der Waals surface area contributed by atoms with Crippen LogP contribution in [0, 0.1) is 0 Å². The van der Waals surface area contributed by atoms with Crippen molar-refractivity contribution in [3.8, 4) is 0 Å². The lowest BCUT2D eigenvalue weighted by atomic mass is 10.8. The topological polar surface area (TPSA) is 110 Å². The van der Waals surface area contributed by atoms with Gasteiger partial charge in [0.25, 0.3) is 0 Å². The van der Waals surface area contributed by atoms with Crippen molar-refractivity contribution in [2.45, 2.75) is 6.29 Å². The van der Waals surface area contributed by atoms with E-state index >= 15 is 0 Å². The van der Waals surface area contributed by atoms with Crippen molar-refractivity contribution < 1.29 is 32.1 Å². The summed E-state index contributed by atoms with van der Waals surface area (Å²) in [7, 11) is -4.77. The van der Waals surface area contributed by atoms with E-state index in [-0.39, 0.29) is 6.29 Å². The molecule has 60 valence electrons. The standard InChI is InChI=1S/C2H4O7S/c3-1-2(4)8-9-10(5,6)7/h1-2,4H,(H,5,6,7). The third-order valence-corrected chi connectivity index (χ3v) is 0.591. The SMILES string of the molecule is O=CC(O)OOS(=O)(=O)O. The van der Waals surface area contributed by atoms with Gasteiger partial charge in [0.1, 0.15) is 0 Å². The Hall–Kier alpha value is -0.540. The number of hydrogen-bond donors (Lipinski definition) is 2. The minimum atomic E-state index is -4.77. The van der Waals surface area contributed by atoms with E-state index in [1.807, 2.05) is 0 Å².